The Morgan fingerprint density at radius 1 is 1.30 bits per heavy atom. The fraction of sp³-hybridized carbons (Fsp3) is 0.467. The molecule has 108 valence electrons. The summed E-state index contributed by atoms with van der Waals surface area (Å²) in [4.78, 5) is 4.46. The number of hydrogen-bond donors (Lipinski definition) is 1. The smallest absolute Gasteiger partial charge is 0.228 e. The molecule has 0 bridgehead atoms. The van der Waals surface area contributed by atoms with Gasteiger partial charge in [0.15, 0.2) is 0 Å². The number of aryl methyl sites for hydroxylation is 1. The van der Waals surface area contributed by atoms with E-state index in [-0.39, 0.29) is 5.54 Å². The molecule has 0 aliphatic carbocycles. The summed E-state index contributed by atoms with van der Waals surface area (Å²) in [6.07, 6.45) is 0.736. The van der Waals surface area contributed by atoms with Crippen LogP contribution in [-0.4, -0.2) is 22.2 Å². The quantitative estimate of drug-likeness (QED) is 0.923. The van der Waals surface area contributed by atoms with E-state index in [1.165, 1.54) is 0 Å². The van der Waals surface area contributed by atoms with Crippen LogP contribution in [0, 0.1) is 6.92 Å². The van der Waals surface area contributed by atoms with E-state index in [4.69, 9.17) is 4.52 Å². The summed E-state index contributed by atoms with van der Waals surface area (Å²) in [5, 5.41) is 7.47. The summed E-state index contributed by atoms with van der Waals surface area (Å²) < 4.78 is 6.36. The lowest BCUT2D eigenvalue weighted by atomic mass is 10.1. The number of halogens is 1. The van der Waals surface area contributed by atoms with E-state index >= 15 is 0 Å². The fourth-order valence-corrected chi connectivity index (χ4v) is 2.36. The Balaban J connectivity index is 2.05. The Morgan fingerprint density at radius 3 is 2.70 bits per heavy atom. The number of nitrogens with zero attached hydrogens (tertiary/aromatic N) is 2. The zero-order valence-corrected chi connectivity index (χ0v) is 13.9. The molecule has 0 unspecified atom stereocenters. The molecule has 0 amide bonds. The van der Waals surface area contributed by atoms with Gasteiger partial charge in [-0.3, -0.25) is 0 Å². The van der Waals surface area contributed by atoms with Crippen molar-refractivity contribution in [2.24, 2.45) is 0 Å². The van der Waals surface area contributed by atoms with Crippen molar-refractivity contribution < 1.29 is 4.52 Å². The molecule has 1 aromatic carbocycles. The molecule has 0 saturated heterocycles. The zero-order valence-electron chi connectivity index (χ0n) is 12.3. The number of rotatable bonds is 4. The minimum absolute atomic E-state index is 0.102. The van der Waals surface area contributed by atoms with Gasteiger partial charge in [-0.15, -0.1) is 0 Å². The summed E-state index contributed by atoms with van der Waals surface area (Å²) >= 11 is 3.45. The van der Waals surface area contributed by atoms with Gasteiger partial charge >= 0.3 is 0 Å². The summed E-state index contributed by atoms with van der Waals surface area (Å²) in [7, 11) is 0. The normalized spacial score (nSPS) is 11.8. The molecule has 1 aromatic heterocycles. The van der Waals surface area contributed by atoms with Crippen LogP contribution in [0.1, 0.15) is 32.2 Å². The van der Waals surface area contributed by atoms with Gasteiger partial charge in [0.25, 0.3) is 0 Å². The Bertz CT molecular complexity index is 587. The molecule has 2 rings (SSSR count). The molecule has 2 aromatic rings. The number of benzene rings is 1. The highest BCUT2D eigenvalue weighted by atomic mass is 79.9. The number of hydrogen-bond acceptors (Lipinski definition) is 4. The van der Waals surface area contributed by atoms with Crippen molar-refractivity contribution in [3.8, 4) is 11.4 Å². The van der Waals surface area contributed by atoms with Gasteiger partial charge in [0.1, 0.15) is 0 Å². The maximum atomic E-state index is 5.31. The van der Waals surface area contributed by atoms with Crippen LogP contribution in [0.2, 0.25) is 0 Å². The topological polar surface area (TPSA) is 51.0 Å². The average molecular weight is 338 g/mol. The van der Waals surface area contributed by atoms with Crippen molar-refractivity contribution in [3.63, 3.8) is 0 Å². The van der Waals surface area contributed by atoms with E-state index in [0.29, 0.717) is 11.7 Å². The molecule has 0 aliphatic rings. The molecule has 0 aliphatic heterocycles. The summed E-state index contributed by atoms with van der Waals surface area (Å²) in [6.45, 7) is 9.27. The van der Waals surface area contributed by atoms with Crippen LogP contribution >= 0.6 is 15.9 Å². The van der Waals surface area contributed by atoms with Gasteiger partial charge in [-0.25, -0.2) is 0 Å². The van der Waals surface area contributed by atoms with Crippen LogP contribution in [0.15, 0.2) is 27.2 Å². The zero-order chi connectivity index (χ0) is 14.8. The number of nitrogens with one attached hydrogen (secondary N) is 1. The lowest BCUT2D eigenvalue weighted by Gasteiger charge is -2.19. The molecular formula is C15H20BrN3O. The number of aromatic nitrogens is 2. The summed E-state index contributed by atoms with van der Waals surface area (Å²) in [5.41, 5.74) is 2.23. The third-order valence-electron chi connectivity index (χ3n) is 2.89. The van der Waals surface area contributed by atoms with Crippen molar-refractivity contribution in [2.45, 2.75) is 39.7 Å². The third kappa shape index (κ3) is 4.15. The first-order valence-electron chi connectivity index (χ1n) is 6.69. The standard InChI is InChI=1S/C15H20BrN3O/c1-10-9-11(16)5-6-12(10)14-18-13(20-19-14)7-8-17-15(2,3)4/h5-6,9,17H,7-8H2,1-4H3. The lowest BCUT2D eigenvalue weighted by Crippen LogP contribution is -2.37. The minimum atomic E-state index is 0.102. The van der Waals surface area contributed by atoms with Crippen molar-refractivity contribution >= 4 is 15.9 Å². The van der Waals surface area contributed by atoms with Gasteiger partial charge in [0.05, 0.1) is 0 Å². The molecule has 0 fully saturated rings. The second kappa shape index (κ2) is 6.06. The van der Waals surface area contributed by atoms with E-state index in [2.05, 4.69) is 52.2 Å². The molecular weight excluding hydrogens is 318 g/mol. The van der Waals surface area contributed by atoms with Crippen molar-refractivity contribution in [2.75, 3.05) is 6.54 Å². The monoisotopic (exact) mass is 337 g/mol. The fourth-order valence-electron chi connectivity index (χ4n) is 1.89. The second-order valence-electron chi connectivity index (χ2n) is 5.90. The Labute approximate surface area is 128 Å². The summed E-state index contributed by atoms with van der Waals surface area (Å²) in [5.74, 6) is 1.32. The van der Waals surface area contributed by atoms with Gasteiger partial charge in [-0.05, 0) is 51.5 Å². The van der Waals surface area contributed by atoms with Gasteiger partial charge in [0.2, 0.25) is 11.7 Å². The van der Waals surface area contributed by atoms with E-state index in [0.717, 1.165) is 28.6 Å². The Hall–Kier alpha value is -1.20. The van der Waals surface area contributed by atoms with Crippen molar-refractivity contribution in [1.82, 2.24) is 15.5 Å². The maximum absolute atomic E-state index is 5.31. The predicted molar refractivity (Wildman–Crippen MR) is 83.6 cm³/mol. The third-order valence-corrected chi connectivity index (χ3v) is 3.38. The van der Waals surface area contributed by atoms with E-state index in [1.54, 1.807) is 0 Å². The first kappa shape index (κ1) is 15.2. The van der Waals surface area contributed by atoms with Gasteiger partial charge in [-0.1, -0.05) is 21.1 Å². The predicted octanol–water partition coefficient (Wildman–Crippen LogP) is 3.74. The lowest BCUT2D eigenvalue weighted by molar-refractivity contribution is 0.362. The van der Waals surface area contributed by atoms with Crippen LogP contribution in [0.3, 0.4) is 0 Å². The molecule has 4 nitrogen and oxygen atoms in total. The van der Waals surface area contributed by atoms with Gasteiger partial charge < -0.3 is 9.84 Å². The first-order chi connectivity index (χ1) is 9.35. The molecule has 5 heteroatoms. The average Bonchev–Trinajstić information content (AvgIpc) is 2.75. The van der Waals surface area contributed by atoms with Crippen LogP contribution < -0.4 is 5.32 Å². The van der Waals surface area contributed by atoms with Crippen molar-refractivity contribution in [3.05, 3.63) is 34.1 Å². The summed E-state index contributed by atoms with van der Waals surface area (Å²) in [6, 6.07) is 6.04. The first-order valence-corrected chi connectivity index (χ1v) is 7.48. The van der Waals surface area contributed by atoms with E-state index in [9.17, 15) is 0 Å². The minimum Gasteiger partial charge on any atom is -0.339 e. The molecule has 1 N–H and O–H groups in total. The molecule has 0 radical (unpaired) electrons. The Kier molecular flexibility index (Phi) is 4.60. The Morgan fingerprint density at radius 2 is 2.05 bits per heavy atom. The van der Waals surface area contributed by atoms with Gasteiger partial charge in [-0.2, -0.15) is 4.98 Å². The van der Waals surface area contributed by atoms with Gasteiger partial charge in [0, 0.05) is 28.5 Å². The van der Waals surface area contributed by atoms with Crippen LogP contribution in [0.25, 0.3) is 11.4 Å². The largest absolute Gasteiger partial charge is 0.339 e. The molecule has 1 heterocycles. The highest BCUT2D eigenvalue weighted by Gasteiger charge is 2.12. The van der Waals surface area contributed by atoms with E-state index in [1.807, 2.05) is 25.1 Å². The molecule has 0 atom stereocenters. The highest BCUT2D eigenvalue weighted by Crippen LogP contribution is 2.23. The van der Waals surface area contributed by atoms with E-state index < -0.39 is 0 Å². The van der Waals surface area contributed by atoms with Crippen LogP contribution in [0.4, 0.5) is 0 Å². The highest BCUT2D eigenvalue weighted by molar-refractivity contribution is 9.10. The molecule has 0 spiro atoms. The van der Waals surface area contributed by atoms with Crippen LogP contribution in [-0.2, 0) is 6.42 Å². The molecule has 0 saturated carbocycles. The second-order valence-corrected chi connectivity index (χ2v) is 6.81. The molecule has 20 heavy (non-hydrogen) atoms. The maximum Gasteiger partial charge on any atom is 0.228 e. The van der Waals surface area contributed by atoms with Crippen molar-refractivity contribution in [1.29, 1.82) is 0 Å². The van der Waals surface area contributed by atoms with Crippen LogP contribution in [0.5, 0.6) is 0 Å². The SMILES string of the molecule is Cc1cc(Br)ccc1-c1noc(CCNC(C)(C)C)n1.